The zero-order chi connectivity index (χ0) is 15.6. The second-order valence-electron chi connectivity index (χ2n) is 5.85. The van der Waals surface area contributed by atoms with Gasteiger partial charge in [0.15, 0.2) is 5.17 Å². The number of thioether (sulfide) groups is 1. The second kappa shape index (κ2) is 6.16. The van der Waals surface area contributed by atoms with Gasteiger partial charge in [-0.05, 0) is 48.4 Å². The molecule has 2 fully saturated rings. The van der Waals surface area contributed by atoms with Crippen LogP contribution in [0, 0.1) is 0 Å². The number of pyridine rings is 1. The van der Waals surface area contributed by atoms with E-state index in [0.717, 1.165) is 34.5 Å². The minimum absolute atomic E-state index is 0.0624. The molecule has 0 bridgehead atoms. The molecule has 1 saturated carbocycles. The summed E-state index contributed by atoms with van der Waals surface area (Å²) in [6.07, 6.45) is 8.46. The molecule has 1 saturated heterocycles. The first-order valence-corrected chi connectivity index (χ1v) is 8.74. The van der Waals surface area contributed by atoms with Gasteiger partial charge in [0, 0.05) is 11.6 Å². The molecule has 4 nitrogen and oxygen atoms in total. The number of aromatic nitrogens is 1. The normalized spacial score (nSPS) is 22.3. The fourth-order valence-corrected chi connectivity index (χ4v) is 3.96. The molecule has 1 aliphatic carbocycles. The van der Waals surface area contributed by atoms with Gasteiger partial charge in [-0.2, -0.15) is 0 Å². The van der Waals surface area contributed by atoms with Gasteiger partial charge in [-0.15, -0.1) is 0 Å². The molecule has 2 aliphatic rings. The van der Waals surface area contributed by atoms with Crippen LogP contribution in [0.5, 0.6) is 0 Å². The van der Waals surface area contributed by atoms with E-state index >= 15 is 0 Å². The smallest absolute Gasteiger partial charge is 0.264 e. The van der Waals surface area contributed by atoms with E-state index in [0.29, 0.717) is 10.9 Å². The monoisotopic (exact) mass is 323 g/mol. The molecule has 1 N–H and O–H groups in total. The number of rotatable bonds is 2. The maximum atomic E-state index is 12.2. The van der Waals surface area contributed by atoms with Crippen molar-refractivity contribution >= 4 is 39.8 Å². The maximum absolute atomic E-state index is 12.2. The second-order valence-corrected chi connectivity index (χ2v) is 6.89. The van der Waals surface area contributed by atoms with Crippen LogP contribution in [0.2, 0.25) is 0 Å². The Labute approximate surface area is 139 Å². The van der Waals surface area contributed by atoms with Gasteiger partial charge in [-0.3, -0.25) is 14.8 Å². The SMILES string of the molecule is O=C1NC(=NC2CCCC2)S/C1=C\c1ccnc2ccccc12. The Morgan fingerprint density at radius 3 is 2.91 bits per heavy atom. The number of carbonyl (C=O) groups is 1. The lowest BCUT2D eigenvalue weighted by Gasteiger charge is -2.02. The van der Waals surface area contributed by atoms with Crippen LogP contribution in [0.15, 0.2) is 46.4 Å². The molecule has 1 amide bonds. The number of carbonyl (C=O) groups excluding carboxylic acids is 1. The summed E-state index contributed by atoms with van der Waals surface area (Å²) < 4.78 is 0. The standard InChI is InChI=1S/C18H17N3OS/c22-17-16(23-18(21-17)20-13-5-1-2-6-13)11-12-9-10-19-15-8-4-3-7-14(12)15/h3-4,7-11,13H,1-2,5-6H2,(H,20,21,22)/b16-11-. The minimum Gasteiger partial charge on any atom is -0.301 e. The van der Waals surface area contributed by atoms with E-state index in [4.69, 9.17) is 0 Å². The molecule has 1 aromatic heterocycles. The molecular formula is C18H17N3OS. The third kappa shape index (κ3) is 3.01. The molecule has 0 radical (unpaired) electrons. The van der Waals surface area contributed by atoms with Crippen molar-refractivity contribution in [3.63, 3.8) is 0 Å². The molecule has 5 heteroatoms. The lowest BCUT2D eigenvalue weighted by atomic mass is 10.1. The van der Waals surface area contributed by atoms with E-state index in [1.807, 2.05) is 36.4 Å². The highest BCUT2D eigenvalue weighted by molar-refractivity contribution is 8.18. The van der Waals surface area contributed by atoms with E-state index < -0.39 is 0 Å². The van der Waals surface area contributed by atoms with Crippen molar-refractivity contribution in [1.29, 1.82) is 0 Å². The van der Waals surface area contributed by atoms with Crippen molar-refractivity contribution in [2.75, 3.05) is 0 Å². The first-order chi connectivity index (χ1) is 11.3. The first-order valence-electron chi connectivity index (χ1n) is 7.92. The largest absolute Gasteiger partial charge is 0.301 e. The molecule has 116 valence electrons. The number of benzene rings is 1. The zero-order valence-electron chi connectivity index (χ0n) is 12.7. The molecule has 1 aliphatic heterocycles. The summed E-state index contributed by atoms with van der Waals surface area (Å²) in [6, 6.07) is 10.3. The fourth-order valence-electron chi connectivity index (χ4n) is 3.07. The Balaban J connectivity index is 1.64. The lowest BCUT2D eigenvalue weighted by molar-refractivity contribution is -0.115. The number of nitrogens with one attached hydrogen (secondary N) is 1. The molecule has 4 rings (SSSR count). The predicted molar refractivity (Wildman–Crippen MR) is 95.1 cm³/mol. The van der Waals surface area contributed by atoms with E-state index in [-0.39, 0.29) is 5.91 Å². The van der Waals surface area contributed by atoms with Crippen molar-refractivity contribution in [2.45, 2.75) is 31.7 Å². The number of hydrogen-bond acceptors (Lipinski definition) is 4. The number of amidine groups is 1. The van der Waals surface area contributed by atoms with E-state index in [1.165, 1.54) is 24.6 Å². The van der Waals surface area contributed by atoms with Crippen LogP contribution in [-0.4, -0.2) is 22.1 Å². The molecule has 0 spiro atoms. The van der Waals surface area contributed by atoms with E-state index in [2.05, 4.69) is 15.3 Å². The van der Waals surface area contributed by atoms with Crippen LogP contribution in [0.1, 0.15) is 31.2 Å². The lowest BCUT2D eigenvalue weighted by Crippen LogP contribution is -2.21. The number of nitrogens with zero attached hydrogens (tertiary/aromatic N) is 2. The Bertz CT molecular complexity index is 817. The number of para-hydroxylation sites is 1. The molecule has 0 unspecified atom stereocenters. The molecule has 1 aromatic carbocycles. The molecule has 2 heterocycles. The summed E-state index contributed by atoms with van der Waals surface area (Å²) in [6.45, 7) is 0. The summed E-state index contributed by atoms with van der Waals surface area (Å²) in [7, 11) is 0. The topological polar surface area (TPSA) is 54.4 Å². The predicted octanol–water partition coefficient (Wildman–Crippen LogP) is 3.74. The van der Waals surface area contributed by atoms with Crippen molar-refractivity contribution in [1.82, 2.24) is 10.3 Å². The zero-order valence-corrected chi connectivity index (χ0v) is 13.5. The molecule has 0 atom stereocenters. The van der Waals surface area contributed by atoms with Gasteiger partial charge in [-0.1, -0.05) is 31.0 Å². The number of hydrogen-bond donors (Lipinski definition) is 1. The van der Waals surface area contributed by atoms with Crippen molar-refractivity contribution in [3.8, 4) is 0 Å². The highest BCUT2D eigenvalue weighted by atomic mass is 32.2. The van der Waals surface area contributed by atoms with Crippen LogP contribution >= 0.6 is 11.8 Å². The van der Waals surface area contributed by atoms with E-state index in [1.54, 1.807) is 6.20 Å². The summed E-state index contributed by atoms with van der Waals surface area (Å²) in [5.41, 5.74) is 1.94. The first kappa shape index (κ1) is 14.5. The van der Waals surface area contributed by atoms with Crippen LogP contribution in [0.4, 0.5) is 0 Å². The van der Waals surface area contributed by atoms with Gasteiger partial charge in [0.25, 0.3) is 5.91 Å². The van der Waals surface area contributed by atoms with E-state index in [9.17, 15) is 4.79 Å². The summed E-state index contributed by atoms with van der Waals surface area (Å²) in [5, 5.41) is 4.68. The third-order valence-electron chi connectivity index (χ3n) is 4.24. The van der Waals surface area contributed by atoms with Crippen molar-refractivity contribution in [3.05, 3.63) is 47.0 Å². The molecular weight excluding hydrogens is 306 g/mol. The van der Waals surface area contributed by atoms with Crippen LogP contribution in [-0.2, 0) is 4.79 Å². The quantitative estimate of drug-likeness (QED) is 0.857. The third-order valence-corrected chi connectivity index (χ3v) is 5.17. The molecule has 23 heavy (non-hydrogen) atoms. The van der Waals surface area contributed by atoms with Crippen molar-refractivity contribution in [2.24, 2.45) is 4.99 Å². The average molecular weight is 323 g/mol. The highest BCUT2D eigenvalue weighted by Gasteiger charge is 2.25. The number of amides is 1. The minimum atomic E-state index is -0.0624. The van der Waals surface area contributed by atoms with Gasteiger partial charge < -0.3 is 5.32 Å². The number of fused-ring (bicyclic) bond motifs is 1. The Morgan fingerprint density at radius 2 is 2.04 bits per heavy atom. The summed E-state index contributed by atoms with van der Waals surface area (Å²) in [5.74, 6) is -0.0624. The summed E-state index contributed by atoms with van der Waals surface area (Å²) in [4.78, 5) is 21.9. The van der Waals surface area contributed by atoms with Gasteiger partial charge in [-0.25, -0.2) is 0 Å². The van der Waals surface area contributed by atoms with Crippen LogP contribution < -0.4 is 5.32 Å². The van der Waals surface area contributed by atoms with Crippen molar-refractivity contribution < 1.29 is 4.79 Å². The Hall–Kier alpha value is -2.14. The van der Waals surface area contributed by atoms with Crippen LogP contribution in [0.25, 0.3) is 17.0 Å². The summed E-state index contributed by atoms with van der Waals surface area (Å²) >= 11 is 1.44. The van der Waals surface area contributed by atoms with Gasteiger partial charge in [0.1, 0.15) is 0 Å². The maximum Gasteiger partial charge on any atom is 0.264 e. The van der Waals surface area contributed by atoms with Gasteiger partial charge in [0.2, 0.25) is 0 Å². The fraction of sp³-hybridized carbons (Fsp3) is 0.278. The molecule has 2 aromatic rings. The van der Waals surface area contributed by atoms with Gasteiger partial charge in [0.05, 0.1) is 16.5 Å². The van der Waals surface area contributed by atoms with Gasteiger partial charge >= 0.3 is 0 Å². The Kier molecular flexibility index (Phi) is 3.87. The van der Waals surface area contributed by atoms with Crippen LogP contribution in [0.3, 0.4) is 0 Å². The average Bonchev–Trinajstić information content (AvgIpc) is 3.18. The Morgan fingerprint density at radius 1 is 1.22 bits per heavy atom. The number of aliphatic imine (C=N–C) groups is 1. The highest BCUT2D eigenvalue weighted by Crippen LogP contribution is 2.30.